The lowest BCUT2D eigenvalue weighted by molar-refractivity contribution is -0.141. The van der Waals surface area contributed by atoms with Gasteiger partial charge in [0.25, 0.3) is 5.91 Å². The summed E-state index contributed by atoms with van der Waals surface area (Å²) in [6, 6.07) is 7.45. The molecule has 2 saturated carbocycles. The van der Waals surface area contributed by atoms with Crippen molar-refractivity contribution in [1.82, 2.24) is 25.3 Å². The predicted molar refractivity (Wildman–Crippen MR) is 192 cm³/mol. The van der Waals surface area contributed by atoms with Crippen LogP contribution in [-0.2, 0) is 21.1 Å². The van der Waals surface area contributed by atoms with Crippen molar-refractivity contribution >= 4 is 29.5 Å². The second-order valence-electron chi connectivity index (χ2n) is 16.1. The maximum atomic E-state index is 15.7. The first-order valence-electron chi connectivity index (χ1n) is 19.2. The third kappa shape index (κ3) is 7.92. The molecule has 1 aromatic carbocycles. The molecule has 8 rings (SSSR count). The van der Waals surface area contributed by atoms with E-state index < -0.39 is 40.4 Å². The highest BCUT2D eigenvalue weighted by Crippen LogP contribution is 2.52. The molecule has 2 aromatic heterocycles. The summed E-state index contributed by atoms with van der Waals surface area (Å²) in [5.74, 6) is -1.27. The highest BCUT2D eigenvalue weighted by molar-refractivity contribution is 5.95. The van der Waals surface area contributed by atoms with Gasteiger partial charge in [0, 0.05) is 88.3 Å². The van der Waals surface area contributed by atoms with Crippen LogP contribution in [0, 0.1) is 17.8 Å². The summed E-state index contributed by atoms with van der Waals surface area (Å²) in [6.07, 6.45) is 3.95. The molecule has 3 aliphatic heterocycles. The van der Waals surface area contributed by atoms with Gasteiger partial charge in [-0.3, -0.25) is 9.59 Å². The number of rotatable bonds is 9. The molecular weight excluding hydrogens is 722 g/mol. The number of carbonyl (C=O) groups excluding carboxylic acids is 1. The molecule has 3 aromatic rings. The first-order chi connectivity index (χ1) is 26.4. The second-order valence-corrected chi connectivity index (χ2v) is 16.1. The average Bonchev–Trinajstić information content (AvgIpc) is 3.45. The minimum atomic E-state index is -4.95. The molecule has 5 heterocycles. The standard InChI is InChI=1S/C39H45F4N7O5/c40-38-18-24(14-25(19-38)16-32(51)52)15-26(20-38)21-46-34(53)29-22-47-36(48-33(29)39(41,42)43)50-23-37(6-12-54-13-7-37)30-17-28(2-3-31(30)50)55-27-4-10-49(11-5-27)35-44-8-1-9-45-35/h1-3,8-9,17,22,24-27H,4-7,10-16,18-21,23H2,(H,46,53)(H,51,52)/t24-,25+,26+,38-/m1/s1. The number of nitrogens with one attached hydrogen (secondary N) is 1. The Labute approximate surface area is 316 Å². The number of carbonyl (C=O) groups is 2. The van der Waals surface area contributed by atoms with Gasteiger partial charge < -0.3 is 29.7 Å². The molecular formula is C39H45F4N7O5. The van der Waals surface area contributed by atoms with Crippen LogP contribution in [0.25, 0.3) is 0 Å². The van der Waals surface area contributed by atoms with Crippen LogP contribution in [0.4, 0.5) is 35.1 Å². The summed E-state index contributed by atoms with van der Waals surface area (Å²) < 4.78 is 71.8. The van der Waals surface area contributed by atoms with Crippen LogP contribution in [0.3, 0.4) is 0 Å². The van der Waals surface area contributed by atoms with Gasteiger partial charge >= 0.3 is 12.1 Å². The summed E-state index contributed by atoms with van der Waals surface area (Å²) >= 11 is 0. The van der Waals surface area contributed by atoms with Crippen molar-refractivity contribution < 1.29 is 41.7 Å². The van der Waals surface area contributed by atoms with Crippen molar-refractivity contribution in [3.05, 3.63) is 59.7 Å². The Morgan fingerprint density at radius 2 is 1.73 bits per heavy atom. The fourth-order valence-electron chi connectivity index (χ4n) is 9.86. The van der Waals surface area contributed by atoms with Gasteiger partial charge in [0.15, 0.2) is 5.69 Å². The van der Waals surface area contributed by atoms with Gasteiger partial charge in [-0.05, 0) is 92.5 Å². The number of aromatic nitrogens is 4. The minimum absolute atomic E-state index is 0.00129. The number of fused-ring (bicyclic) bond motifs is 4. The Morgan fingerprint density at radius 1 is 1.00 bits per heavy atom. The van der Waals surface area contributed by atoms with Crippen LogP contribution < -0.4 is 19.9 Å². The van der Waals surface area contributed by atoms with Crippen LogP contribution >= 0.6 is 0 Å². The van der Waals surface area contributed by atoms with Crippen LogP contribution in [0.1, 0.15) is 85.8 Å². The van der Waals surface area contributed by atoms with Crippen LogP contribution in [0.5, 0.6) is 5.75 Å². The van der Waals surface area contributed by atoms with Crippen LogP contribution in [0.2, 0.25) is 0 Å². The van der Waals surface area contributed by atoms with E-state index in [0.29, 0.717) is 69.2 Å². The fraction of sp³-hybridized carbons (Fsp3) is 0.590. The number of halogens is 4. The lowest BCUT2D eigenvalue weighted by atomic mass is 9.62. The lowest BCUT2D eigenvalue weighted by Gasteiger charge is -2.46. The molecule has 2 aliphatic carbocycles. The number of hydrogen-bond donors (Lipinski definition) is 2. The van der Waals surface area contributed by atoms with E-state index in [4.69, 9.17) is 9.47 Å². The van der Waals surface area contributed by atoms with E-state index in [0.717, 1.165) is 37.7 Å². The number of carboxylic acids is 1. The smallest absolute Gasteiger partial charge is 0.434 e. The van der Waals surface area contributed by atoms with E-state index in [1.807, 2.05) is 18.2 Å². The minimum Gasteiger partial charge on any atom is -0.490 e. The highest BCUT2D eigenvalue weighted by Gasteiger charge is 2.48. The van der Waals surface area contributed by atoms with E-state index in [1.165, 1.54) is 0 Å². The summed E-state index contributed by atoms with van der Waals surface area (Å²) in [5.41, 5.74) is -2.37. The van der Waals surface area contributed by atoms with Crippen molar-refractivity contribution in [2.75, 3.05) is 49.2 Å². The molecule has 294 valence electrons. The number of aliphatic carboxylic acids is 1. The zero-order valence-corrected chi connectivity index (χ0v) is 30.4. The van der Waals surface area contributed by atoms with Gasteiger partial charge in [-0.2, -0.15) is 13.2 Å². The molecule has 55 heavy (non-hydrogen) atoms. The maximum absolute atomic E-state index is 15.7. The number of nitrogens with zero attached hydrogens (tertiary/aromatic N) is 6. The van der Waals surface area contributed by atoms with Gasteiger partial charge in [0.2, 0.25) is 11.9 Å². The van der Waals surface area contributed by atoms with Crippen LogP contribution in [-0.4, -0.2) is 88.1 Å². The van der Waals surface area contributed by atoms with Crippen molar-refractivity contribution in [3.63, 3.8) is 0 Å². The Balaban J connectivity index is 0.978. The van der Waals surface area contributed by atoms with Crippen molar-refractivity contribution in [1.29, 1.82) is 0 Å². The molecule has 2 saturated heterocycles. The predicted octanol–water partition coefficient (Wildman–Crippen LogP) is 6.27. The molecule has 2 N–H and O–H groups in total. The SMILES string of the molecule is O=C(O)C[C@@H]1C[C@@H]2C[C@H](CNC(=O)c3cnc(N4CC5(CCOCC5)c5cc(OC6CCN(c7ncccn7)CC6)ccc54)nc3C(F)(F)F)C[C@@](F)(C2)C1. The largest absolute Gasteiger partial charge is 0.490 e. The molecule has 1 spiro atoms. The maximum Gasteiger partial charge on any atom is 0.434 e. The average molecular weight is 768 g/mol. The third-order valence-corrected chi connectivity index (χ3v) is 12.2. The zero-order valence-electron chi connectivity index (χ0n) is 30.4. The molecule has 5 aliphatic rings. The number of piperidine rings is 1. The van der Waals surface area contributed by atoms with E-state index >= 15 is 4.39 Å². The van der Waals surface area contributed by atoms with Gasteiger partial charge in [-0.25, -0.2) is 24.3 Å². The monoisotopic (exact) mass is 767 g/mol. The number of hydrogen-bond acceptors (Lipinski definition) is 10. The Bertz CT molecular complexity index is 1890. The molecule has 4 atom stereocenters. The highest BCUT2D eigenvalue weighted by atomic mass is 19.4. The number of ether oxygens (including phenoxy) is 2. The zero-order chi connectivity index (χ0) is 38.4. The van der Waals surface area contributed by atoms with E-state index in [1.54, 1.807) is 23.4 Å². The van der Waals surface area contributed by atoms with Crippen molar-refractivity contribution in [2.24, 2.45) is 17.8 Å². The Morgan fingerprint density at radius 3 is 2.44 bits per heavy atom. The number of alkyl halides is 4. The normalized spacial score (nSPS) is 26.4. The second kappa shape index (κ2) is 14.8. The molecule has 12 nitrogen and oxygen atoms in total. The summed E-state index contributed by atoms with van der Waals surface area (Å²) in [7, 11) is 0. The summed E-state index contributed by atoms with van der Waals surface area (Å²) in [6.45, 7) is 2.84. The molecule has 1 amide bonds. The number of amides is 1. The van der Waals surface area contributed by atoms with E-state index in [2.05, 4.69) is 30.2 Å². The first kappa shape index (κ1) is 37.3. The fourth-order valence-corrected chi connectivity index (χ4v) is 9.86. The van der Waals surface area contributed by atoms with Gasteiger partial charge in [-0.1, -0.05) is 0 Å². The number of anilines is 3. The third-order valence-electron chi connectivity index (χ3n) is 12.2. The molecule has 0 radical (unpaired) electrons. The van der Waals surface area contributed by atoms with Gasteiger partial charge in [0.1, 0.15) is 17.5 Å². The topological polar surface area (TPSA) is 143 Å². The Hall–Kier alpha value is -4.60. The first-order valence-corrected chi connectivity index (χ1v) is 19.2. The Kier molecular flexibility index (Phi) is 10.1. The summed E-state index contributed by atoms with van der Waals surface area (Å²) in [4.78, 5) is 45.4. The molecule has 16 heteroatoms. The van der Waals surface area contributed by atoms with Crippen molar-refractivity contribution in [2.45, 2.75) is 87.6 Å². The number of benzene rings is 1. The molecule has 2 bridgehead atoms. The quantitative estimate of drug-likeness (QED) is 0.238. The molecule has 4 fully saturated rings. The van der Waals surface area contributed by atoms with Crippen LogP contribution in [0.15, 0.2) is 42.9 Å². The lowest BCUT2D eigenvalue weighted by Crippen LogP contribution is -2.45. The van der Waals surface area contributed by atoms with Gasteiger partial charge in [-0.15, -0.1) is 0 Å². The summed E-state index contributed by atoms with van der Waals surface area (Å²) in [5, 5.41) is 11.8. The number of carboxylic acid groups (broad SMARTS) is 1. The molecule has 0 unspecified atom stereocenters. The van der Waals surface area contributed by atoms with Crippen molar-refractivity contribution in [3.8, 4) is 5.75 Å². The van der Waals surface area contributed by atoms with E-state index in [-0.39, 0.29) is 55.6 Å². The van der Waals surface area contributed by atoms with E-state index in [9.17, 15) is 27.9 Å². The van der Waals surface area contributed by atoms with Gasteiger partial charge in [0.05, 0.1) is 5.56 Å².